The Hall–Kier alpha value is -1.35. The maximum atomic E-state index is 10.9. The molecule has 3 nitrogen and oxygen atoms in total. The summed E-state index contributed by atoms with van der Waals surface area (Å²) < 4.78 is 10.9. The van der Waals surface area contributed by atoms with E-state index in [0.717, 1.165) is 5.92 Å². The minimum Gasteiger partial charge on any atom is -0.427 e. The highest BCUT2D eigenvalue weighted by atomic mass is 16.6. The van der Waals surface area contributed by atoms with E-state index >= 15 is 0 Å². The van der Waals surface area contributed by atoms with Gasteiger partial charge in [-0.1, -0.05) is 25.5 Å². The van der Waals surface area contributed by atoms with Crippen LogP contribution in [0, 0.1) is 5.92 Å². The molecule has 0 spiro atoms. The summed E-state index contributed by atoms with van der Waals surface area (Å²) in [6.07, 6.45) is 8.60. The molecule has 0 radical (unpaired) electrons. The van der Waals surface area contributed by atoms with Crippen molar-refractivity contribution < 1.29 is 14.3 Å². The summed E-state index contributed by atoms with van der Waals surface area (Å²) in [6, 6.07) is 8.03. The maximum Gasteiger partial charge on any atom is 0.308 e. The van der Waals surface area contributed by atoms with Crippen molar-refractivity contribution in [2.45, 2.75) is 70.5 Å². The molecule has 3 heteroatoms. The van der Waals surface area contributed by atoms with E-state index in [0.29, 0.717) is 23.9 Å². The van der Waals surface area contributed by atoms with Crippen LogP contribution < -0.4 is 4.74 Å². The lowest BCUT2D eigenvalue weighted by molar-refractivity contribution is -0.131. The normalized spacial score (nSPS) is 30.8. The van der Waals surface area contributed by atoms with Gasteiger partial charge in [-0.15, -0.1) is 0 Å². The van der Waals surface area contributed by atoms with Gasteiger partial charge >= 0.3 is 5.97 Å². The van der Waals surface area contributed by atoms with Crippen LogP contribution in [0.4, 0.5) is 0 Å². The molecule has 1 heterocycles. The van der Waals surface area contributed by atoms with Crippen LogP contribution in [0.3, 0.4) is 0 Å². The first-order chi connectivity index (χ1) is 10.7. The van der Waals surface area contributed by atoms with Crippen molar-refractivity contribution in [2.24, 2.45) is 5.92 Å². The van der Waals surface area contributed by atoms with Crippen LogP contribution >= 0.6 is 0 Å². The second kappa shape index (κ2) is 6.82. The van der Waals surface area contributed by atoms with Crippen molar-refractivity contribution >= 4 is 5.97 Å². The molecule has 0 bridgehead atoms. The quantitative estimate of drug-likeness (QED) is 0.458. The first-order valence-corrected chi connectivity index (χ1v) is 8.61. The SMILES string of the molecule is CCC[C@@H]1O[C@H]1C1CCC(c2ccc(OC(C)=O)cc2)CC1. The first kappa shape index (κ1) is 15.5. The van der Waals surface area contributed by atoms with Crippen LogP contribution in [0.5, 0.6) is 5.75 Å². The number of carbonyl (C=O) groups excluding carboxylic acids is 1. The smallest absolute Gasteiger partial charge is 0.308 e. The van der Waals surface area contributed by atoms with E-state index in [1.807, 2.05) is 12.1 Å². The Balaban J connectivity index is 1.50. The standard InChI is InChI=1S/C19H26O3/c1-3-4-18-19(22-18)16-7-5-14(6-8-16)15-9-11-17(12-10-15)21-13(2)20/h9-12,14,16,18-19H,3-8H2,1-2H3/t14?,16?,18-,19-/m0/s1. The minimum atomic E-state index is -0.265. The first-order valence-electron chi connectivity index (χ1n) is 8.61. The van der Waals surface area contributed by atoms with Crippen LogP contribution in [0.25, 0.3) is 0 Å². The highest BCUT2D eigenvalue weighted by molar-refractivity contribution is 5.69. The van der Waals surface area contributed by atoms with Crippen molar-refractivity contribution in [3.05, 3.63) is 29.8 Å². The number of hydrogen-bond acceptors (Lipinski definition) is 3. The van der Waals surface area contributed by atoms with E-state index < -0.39 is 0 Å². The topological polar surface area (TPSA) is 38.8 Å². The molecule has 1 saturated carbocycles. The molecule has 1 aromatic rings. The van der Waals surface area contributed by atoms with E-state index in [1.165, 1.54) is 51.0 Å². The summed E-state index contributed by atoms with van der Waals surface area (Å²) in [6.45, 7) is 3.66. The van der Waals surface area contributed by atoms with Gasteiger partial charge in [-0.2, -0.15) is 0 Å². The number of carbonyl (C=O) groups is 1. The zero-order valence-corrected chi connectivity index (χ0v) is 13.6. The second-order valence-electron chi connectivity index (χ2n) is 6.70. The third kappa shape index (κ3) is 3.70. The molecule has 22 heavy (non-hydrogen) atoms. The van der Waals surface area contributed by atoms with Crippen molar-refractivity contribution in [3.63, 3.8) is 0 Å². The Morgan fingerprint density at radius 3 is 2.45 bits per heavy atom. The number of ether oxygens (including phenoxy) is 2. The predicted molar refractivity (Wildman–Crippen MR) is 86.0 cm³/mol. The highest BCUT2D eigenvalue weighted by Crippen LogP contribution is 2.44. The highest BCUT2D eigenvalue weighted by Gasteiger charge is 2.44. The number of esters is 1. The molecular weight excluding hydrogens is 276 g/mol. The van der Waals surface area contributed by atoms with Crippen LogP contribution in [0.15, 0.2) is 24.3 Å². The van der Waals surface area contributed by atoms with Gasteiger partial charge in [0.15, 0.2) is 0 Å². The molecule has 0 N–H and O–H groups in total. The van der Waals surface area contributed by atoms with E-state index in [2.05, 4.69) is 19.1 Å². The maximum absolute atomic E-state index is 10.9. The zero-order chi connectivity index (χ0) is 15.5. The number of epoxide rings is 1. The molecule has 2 atom stereocenters. The van der Waals surface area contributed by atoms with E-state index in [-0.39, 0.29) is 5.97 Å². The predicted octanol–water partition coefficient (Wildman–Crippen LogP) is 4.45. The number of hydrogen-bond donors (Lipinski definition) is 0. The van der Waals surface area contributed by atoms with Gasteiger partial charge < -0.3 is 9.47 Å². The Labute approximate surface area is 133 Å². The van der Waals surface area contributed by atoms with Gasteiger partial charge in [0.2, 0.25) is 0 Å². The van der Waals surface area contributed by atoms with Gasteiger partial charge in [0.1, 0.15) is 5.75 Å². The largest absolute Gasteiger partial charge is 0.427 e. The van der Waals surface area contributed by atoms with E-state index in [9.17, 15) is 4.79 Å². The molecular formula is C19H26O3. The Morgan fingerprint density at radius 1 is 1.18 bits per heavy atom. The molecule has 1 aromatic carbocycles. The fourth-order valence-corrected chi connectivity index (χ4v) is 3.84. The lowest BCUT2D eigenvalue weighted by atomic mass is 9.77. The fourth-order valence-electron chi connectivity index (χ4n) is 3.84. The number of benzene rings is 1. The lowest BCUT2D eigenvalue weighted by Gasteiger charge is -2.28. The van der Waals surface area contributed by atoms with Crippen LogP contribution in [-0.2, 0) is 9.53 Å². The Bertz CT molecular complexity index is 500. The molecule has 0 unspecified atom stereocenters. The molecule has 1 aliphatic heterocycles. The number of rotatable bonds is 5. The summed E-state index contributed by atoms with van der Waals surface area (Å²) in [7, 11) is 0. The molecule has 120 valence electrons. The summed E-state index contributed by atoms with van der Waals surface area (Å²) >= 11 is 0. The third-order valence-electron chi connectivity index (χ3n) is 5.04. The van der Waals surface area contributed by atoms with Crippen LogP contribution in [0.1, 0.15) is 63.9 Å². The monoisotopic (exact) mass is 302 g/mol. The van der Waals surface area contributed by atoms with Crippen LogP contribution in [-0.4, -0.2) is 18.2 Å². The lowest BCUT2D eigenvalue weighted by Crippen LogP contribution is -2.19. The minimum absolute atomic E-state index is 0.265. The second-order valence-corrected chi connectivity index (χ2v) is 6.70. The molecule has 2 aliphatic rings. The summed E-state index contributed by atoms with van der Waals surface area (Å²) in [5.41, 5.74) is 1.37. The fraction of sp³-hybridized carbons (Fsp3) is 0.632. The summed E-state index contributed by atoms with van der Waals surface area (Å²) in [5, 5.41) is 0. The molecule has 0 aromatic heterocycles. The molecule has 2 fully saturated rings. The summed E-state index contributed by atoms with van der Waals surface area (Å²) in [4.78, 5) is 10.9. The van der Waals surface area contributed by atoms with Gasteiger partial charge in [0.25, 0.3) is 0 Å². The van der Waals surface area contributed by atoms with Crippen molar-refractivity contribution in [2.75, 3.05) is 0 Å². The molecule has 1 saturated heterocycles. The molecule has 3 rings (SSSR count). The van der Waals surface area contributed by atoms with Crippen molar-refractivity contribution in [1.82, 2.24) is 0 Å². The van der Waals surface area contributed by atoms with Crippen molar-refractivity contribution in [1.29, 1.82) is 0 Å². The van der Waals surface area contributed by atoms with Crippen molar-refractivity contribution in [3.8, 4) is 5.75 Å². The van der Waals surface area contributed by atoms with Crippen LogP contribution in [0.2, 0.25) is 0 Å². The zero-order valence-electron chi connectivity index (χ0n) is 13.6. The average molecular weight is 302 g/mol. The van der Waals surface area contributed by atoms with E-state index in [4.69, 9.17) is 9.47 Å². The van der Waals surface area contributed by atoms with E-state index in [1.54, 1.807) is 0 Å². The molecule has 0 amide bonds. The van der Waals surface area contributed by atoms with Gasteiger partial charge in [0.05, 0.1) is 12.2 Å². The van der Waals surface area contributed by atoms with Gasteiger partial charge in [-0.25, -0.2) is 0 Å². The Kier molecular flexibility index (Phi) is 4.82. The van der Waals surface area contributed by atoms with Gasteiger partial charge in [-0.3, -0.25) is 4.79 Å². The average Bonchev–Trinajstić information content (AvgIpc) is 3.27. The Morgan fingerprint density at radius 2 is 1.86 bits per heavy atom. The third-order valence-corrected chi connectivity index (χ3v) is 5.04. The van der Waals surface area contributed by atoms with Gasteiger partial charge in [-0.05, 0) is 61.6 Å². The molecule has 1 aliphatic carbocycles. The summed E-state index contributed by atoms with van der Waals surface area (Å²) in [5.74, 6) is 1.79. The van der Waals surface area contributed by atoms with Gasteiger partial charge in [0, 0.05) is 6.92 Å².